The molecular weight excluding hydrogens is 286 g/mol. The van der Waals surface area contributed by atoms with Crippen LogP contribution in [0.5, 0.6) is 0 Å². The molecule has 0 amide bonds. The zero-order chi connectivity index (χ0) is 15.1. The van der Waals surface area contributed by atoms with Gasteiger partial charge in [0.05, 0.1) is 0 Å². The third-order valence-corrected chi connectivity index (χ3v) is 6.66. The van der Waals surface area contributed by atoms with Crippen LogP contribution >= 0.6 is 11.8 Å². The van der Waals surface area contributed by atoms with Gasteiger partial charge in [-0.15, -0.1) is 11.8 Å². The van der Waals surface area contributed by atoms with E-state index in [0.29, 0.717) is 23.1 Å². The van der Waals surface area contributed by atoms with Gasteiger partial charge in [-0.3, -0.25) is 0 Å². The van der Waals surface area contributed by atoms with Crippen LogP contribution in [-0.2, 0) is 0 Å². The molecule has 0 aliphatic carbocycles. The van der Waals surface area contributed by atoms with Gasteiger partial charge in [-0.05, 0) is 42.0 Å². The Labute approximate surface area is 137 Å². The normalized spacial score (nSPS) is 29.0. The van der Waals surface area contributed by atoms with E-state index in [-0.39, 0.29) is 0 Å². The summed E-state index contributed by atoms with van der Waals surface area (Å²) in [5.74, 6) is 1.31. The molecule has 1 nitrogen and oxygen atoms in total. The van der Waals surface area contributed by atoms with Gasteiger partial charge in [-0.1, -0.05) is 50.2 Å². The van der Waals surface area contributed by atoms with Crippen LogP contribution in [0.4, 0.5) is 5.69 Å². The van der Waals surface area contributed by atoms with Crippen molar-refractivity contribution in [1.29, 1.82) is 0 Å². The minimum absolute atomic E-state index is 0.586. The quantitative estimate of drug-likeness (QED) is 0.787. The van der Waals surface area contributed by atoms with Gasteiger partial charge >= 0.3 is 0 Å². The topological polar surface area (TPSA) is 12.0 Å². The monoisotopic (exact) mass is 309 g/mol. The van der Waals surface area contributed by atoms with Gasteiger partial charge < -0.3 is 5.32 Å². The first-order chi connectivity index (χ1) is 10.8. The van der Waals surface area contributed by atoms with E-state index in [2.05, 4.69) is 79.5 Å². The Balaban J connectivity index is 1.65. The Kier molecular flexibility index (Phi) is 3.65. The molecule has 0 spiro atoms. The summed E-state index contributed by atoms with van der Waals surface area (Å²) in [5.41, 5.74) is 4.45. The van der Waals surface area contributed by atoms with Crippen LogP contribution in [0.1, 0.15) is 49.7 Å². The van der Waals surface area contributed by atoms with Gasteiger partial charge in [0.2, 0.25) is 0 Å². The molecule has 4 unspecified atom stereocenters. The highest BCUT2D eigenvalue weighted by Crippen LogP contribution is 2.51. The lowest BCUT2D eigenvalue weighted by atomic mass is 9.81. The number of benzene rings is 2. The van der Waals surface area contributed by atoms with E-state index in [1.807, 2.05) is 0 Å². The van der Waals surface area contributed by atoms with Crippen LogP contribution in [0.15, 0.2) is 53.4 Å². The fourth-order valence-electron chi connectivity index (χ4n) is 4.17. The molecule has 2 aromatic rings. The van der Waals surface area contributed by atoms with Crippen LogP contribution < -0.4 is 5.32 Å². The van der Waals surface area contributed by atoms with Crippen LogP contribution in [0.3, 0.4) is 0 Å². The van der Waals surface area contributed by atoms with E-state index in [1.165, 1.54) is 29.0 Å². The fourth-order valence-corrected chi connectivity index (χ4v) is 5.50. The smallest absolute Gasteiger partial charge is 0.0378 e. The molecule has 2 heteroatoms. The molecule has 114 valence electrons. The average molecular weight is 309 g/mol. The van der Waals surface area contributed by atoms with Crippen molar-refractivity contribution in [2.75, 3.05) is 5.32 Å². The molecule has 2 aromatic carbocycles. The molecule has 22 heavy (non-hydrogen) atoms. The Bertz CT molecular complexity index is 681. The Hall–Kier alpha value is -1.41. The summed E-state index contributed by atoms with van der Waals surface area (Å²) in [4.78, 5) is 1.49. The largest absolute Gasteiger partial charge is 0.381 e. The summed E-state index contributed by atoms with van der Waals surface area (Å²) in [6, 6.07) is 18.5. The minimum Gasteiger partial charge on any atom is -0.381 e. The maximum absolute atomic E-state index is 3.74. The molecule has 2 aliphatic rings. The number of hydrogen-bond donors (Lipinski definition) is 1. The summed E-state index contributed by atoms with van der Waals surface area (Å²) >= 11 is 2.05. The Morgan fingerprint density at radius 1 is 0.955 bits per heavy atom. The van der Waals surface area contributed by atoms with Crippen molar-refractivity contribution in [1.82, 2.24) is 0 Å². The van der Waals surface area contributed by atoms with Crippen LogP contribution in [-0.4, -0.2) is 11.3 Å². The van der Waals surface area contributed by atoms with E-state index >= 15 is 0 Å². The molecule has 4 rings (SSSR count). The third-order valence-electron chi connectivity index (χ3n) is 5.33. The van der Waals surface area contributed by atoms with E-state index in [0.717, 1.165) is 0 Å². The second-order valence-electron chi connectivity index (χ2n) is 6.56. The van der Waals surface area contributed by atoms with Gasteiger partial charge in [-0.25, -0.2) is 0 Å². The van der Waals surface area contributed by atoms with Gasteiger partial charge in [0.25, 0.3) is 0 Å². The second-order valence-corrected chi connectivity index (χ2v) is 7.97. The number of anilines is 1. The second kappa shape index (κ2) is 5.66. The number of nitrogens with one attached hydrogen (secondary N) is 1. The lowest BCUT2D eigenvalue weighted by Gasteiger charge is -2.25. The van der Waals surface area contributed by atoms with Crippen molar-refractivity contribution in [2.24, 2.45) is 0 Å². The molecule has 0 fully saturated rings. The first kappa shape index (κ1) is 14.2. The van der Waals surface area contributed by atoms with Crippen molar-refractivity contribution in [3.63, 3.8) is 0 Å². The molecule has 0 saturated carbocycles. The van der Waals surface area contributed by atoms with Crippen LogP contribution in [0.2, 0.25) is 0 Å². The first-order valence-electron chi connectivity index (χ1n) is 8.39. The minimum atomic E-state index is 0.586. The highest BCUT2D eigenvalue weighted by Gasteiger charge is 2.37. The Morgan fingerprint density at radius 2 is 1.68 bits per heavy atom. The molecular formula is C20H23NS. The van der Waals surface area contributed by atoms with Crippen molar-refractivity contribution in [3.8, 4) is 0 Å². The highest BCUT2D eigenvalue weighted by atomic mass is 32.2. The van der Waals surface area contributed by atoms with E-state index < -0.39 is 0 Å². The summed E-state index contributed by atoms with van der Waals surface area (Å²) in [5, 5.41) is 4.42. The third kappa shape index (κ3) is 2.25. The summed E-state index contributed by atoms with van der Waals surface area (Å²) in [6.07, 6.45) is 2.45. The van der Waals surface area contributed by atoms with Crippen LogP contribution in [0.25, 0.3) is 0 Å². The predicted molar refractivity (Wildman–Crippen MR) is 96.0 cm³/mol. The summed E-state index contributed by atoms with van der Waals surface area (Å²) in [7, 11) is 0. The molecule has 0 radical (unpaired) electrons. The average Bonchev–Trinajstić information content (AvgIpc) is 3.06. The molecule has 2 heterocycles. The highest BCUT2D eigenvalue weighted by molar-refractivity contribution is 8.00. The van der Waals surface area contributed by atoms with Crippen molar-refractivity contribution in [3.05, 3.63) is 59.7 Å². The number of thioether (sulfide) groups is 1. The summed E-state index contributed by atoms with van der Waals surface area (Å²) < 4.78 is 0. The van der Waals surface area contributed by atoms with Crippen molar-refractivity contribution >= 4 is 17.4 Å². The lowest BCUT2D eigenvalue weighted by molar-refractivity contribution is 0.483. The molecule has 0 bridgehead atoms. The number of hydrogen-bond acceptors (Lipinski definition) is 2. The predicted octanol–water partition coefficient (Wildman–Crippen LogP) is 5.64. The van der Waals surface area contributed by atoms with Crippen molar-refractivity contribution in [2.45, 2.75) is 54.7 Å². The molecule has 4 atom stereocenters. The molecule has 1 N–H and O–H groups in total. The Morgan fingerprint density at radius 3 is 2.50 bits per heavy atom. The summed E-state index contributed by atoms with van der Waals surface area (Å²) in [6.45, 7) is 4.70. The number of fused-ring (bicyclic) bond motifs is 2. The van der Waals surface area contributed by atoms with E-state index in [9.17, 15) is 0 Å². The maximum Gasteiger partial charge on any atom is 0.0378 e. The van der Waals surface area contributed by atoms with Gasteiger partial charge in [0.1, 0.15) is 0 Å². The number of para-hydroxylation sites is 1. The van der Waals surface area contributed by atoms with Gasteiger partial charge in [-0.2, -0.15) is 0 Å². The van der Waals surface area contributed by atoms with Crippen LogP contribution in [0, 0.1) is 0 Å². The standard InChI is InChI=1S/C20H23NS/c1-3-18-17(14-8-4-6-10-19(14)21-18)12-16-13(2)22-20-11-7-5-9-15(16)20/h4-11,13,16-18,21H,3,12H2,1-2H3. The van der Waals surface area contributed by atoms with E-state index in [1.54, 1.807) is 5.56 Å². The molecule has 0 aromatic heterocycles. The molecule has 2 aliphatic heterocycles. The zero-order valence-corrected chi connectivity index (χ0v) is 14.1. The van der Waals surface area contributed by atoms with Gasteiger partial charge in [0, 0.05) is 27.8 Å². The lowest BCUT2D eigenvalue weighted by Crippen LogP contribution is -2.22. The first-order valence-corrected chi connectivity index (χ1v) is 9.27. The van der Waals surface area contributed by atoms with E-state index in [4.69, 9.17) is 0 Å². The SMILES string of the molecule is CCC1Nc2ccccc2C1CC1c2ccccc2SC1C. The zero-order valence-electron chi connectivity index (χ0n) is 13.3. The van der Waals surface area contributed by atoms with Gasteiger partial charge in [0.15, 0.2) is 0 Å². The fraction of sp³-hybridized carbons (Fsp3) is 0.400. The van der Waals surface area contributed by atoms with Crippen molar-refractivity contribution < 1.29 is 0 Å². The maximum atomic E-state index is 3.74. The molecule has 0 saturated heterocycles. The number of rotatable bonds is 3.